The molecule has 3 rings (SSSR count). The van der Waals surface area contributed by atoms with Crippen LogP contribution in [-0.4, -0.2) is 0 Å². The average molecular weight is 354 g/mol. The molecule has 0 amide bonds. The molecule has 1 unspecified atom stereocenters. The summed E-state index contributed by atoms with van der Waals surface area (Å²) in [6.45, 7) is 9.01. The minimum absolute atomic E-state index is 0.452. The second-order valence-electron chi connectivity index (χ2n) is 5.45. The van der Waals surface area contributed by atoms with E-state index in [2.05, 4.69) is 64.1 Å². The summed E-state index contributed by atoms with van der Waals surface area (Å²) in [7, 11) is 9.78. The Bertz CT molecular complexity index is 602. The molecular weight excluding hydrogens is 335 g/mol. The van der Waals surface area contributed by atoms with Crippen molar-refractivity contribution in [2.24, 2.45) is 0 Å². The Kier molecular flexibility index (Phi) is 5.97. The van der Waals surface area contributed by atoms with Gasteiger partial charge in [0.1, 0.15) is 0 Å². The van der Waals surface area contributed by atoms with Crippen molar-refractivity contribution >= 4 is 24.7 Å². The molecule has 109 valence electrons. The van der Waals surface area contributed by atoms with Crippen LogP contribution in [0.3, 0.4) is 0 Å². The van der Waals surface area contributed by atoms with Crippen LogP contribution in [0, 0.1) is 5.92 Å². The fourth-order valence-corrected chi connectivity index (χ4v) is 3.22. The van der Waals surface area contributed by atoms with Crippen molar-refractivity contribution in [3.05, 3.63) is 69.7 Å². The van der Waals surface area contributed by atoms with E-state index >= 15 is 0 Å². The quantitative estimate of drug-likeness (QED) is 0.510. The molecule has 21 heavy (non-hydrogen) atoms. The van der Waals surface area contributed by atoms with Crippen molar-refractivity contribution in [1.29, 1.82) is 0 Å². The molecule has 0 aliphatic heterocycles. The number of allylic oxidation sites excluding steroid dienone is 5. The minimum atomic E-state index is -0.556. The van der Waals surface area contributed by atoms with Crippen LogP contribution < -0.4 is 0 Å². The monoisotopic (exact) mass is 353 g/mol. The number of benzene rings is 1. The summed E-state index contributed by atoms with van der Waals surface area (Å²) in [6, 6.07) is 8.73. The molecule has 0 fully saturated rings. The van der Waals surface area contributed by atoms with Gasteiger partial charge in [-0.1, -0.05) is 47.6 Å². The Hall–Kier alpha value is -0.266. The first-order valence-electron chi connectivity index (χ1n) is 6.99. The van der Waals surface area contributed by atoms with Gasteiger partial charge in [0, 0.05) is 11.8 Å². The van der Waals surface area contributed by atoms with Crippen molar-refractivity contribution in [3.8, 4) is 0 Å². The molecule has 1 atom stereocenters. The second kappa shape index (κ2) is 7.33. The van der Waals surface area contributed by atoms with Crippen molar-refractivity contribution < 1.29 is 17.0 Å². The number of fused-ring (bicyclic) bond motifs is 1. The first-order valence-corrected chi connectivity index (χ1v) is 11.3. The van der Waals surface area contributed by atoms with E-state index in [1.807, 2.05) is 0 Å². The molecule has 0 nitrogen and oxygen atoms in total. The van der Waals surface area contributed by atoms with Gasteiger partial charge in [0.25, 0.3) is 0 Å². The third kappa shape index (κ3) is 3.24. The van der Waals surface area contributed by atoms with Gasteiger partial charge in [-0.3, -0.25) is 0 Å². The molecule has 2 aliphatic rings. The molecule has 3 heteroatoms. The molecule has 0 saturated heterocycles. The Morgan fingerprint density at radius 1 is 0.857 bits per heavy atom. The Balaban J connectivity index is 0.000000497. The van der Waals surface area contributed by atoms with Crippen molar-refractivity contribution in [1.82, 2.24) is 0 Å². The predicted molar refractivity (Wildman–Crippen MR) is 89.9 cm³/mol. The van der Waals surface area contributed by atoms with Crippen molar-refractivity contribution in [3.63, 3.8) is 0 Å². The maximum absolute atomic E-state index is 4.89. The third-order valence-electron chi connectivity index (χ3n) is 4.61. The van der Waals surface area contributed by atoms with E-state index < -0.39 is 17.0 Å². The summed E-state index contributed by atoms with van der Waals surface area (Å²) in [5, 5.41) is 0. The zero-order valence-electron chi connectivity index (χ0n) is 12.8. The van der Waals surface area contributed by atoms with Crippen LogP contribution in [0.5, 0.6) is 0 Å². The van der Waals surface area contributed by atoms with Gasteiger partial charge < -0.3 is 0 Å². The second-order valence-corrected chi connectivity index (χ2v) is 8.03. The zero-order chi connectivity index (χ0) is 15.6. The molecule has 1 aromatic carbocycles. The van der Waals surface area contributed by atoms with Crippen LogP contribution in [-0.2, 0) is 17.0 Å². The SMILES string of the molecule is CC1=C(C)C(C)=C(C)[C]1C1C=Cc2ccccc21.[Cl][Ti][Cl]. The normalized spacial score (nSPS) is 20.6. The summed E-state index contributed by atoms with van der Waals surface area (Å²) in [5.41, 5.74) is 8.68. The van der Waals surface area contributed by atoms with E-state index in [0.29, 0.717) is 5.92 Å². The summed E-state index contributed by atoms with van der Waals surface area (Å²) in [5.74, 6) is 1.97. The van der Waals surface area contributed by atoms with E-state index in [1.165, 1.54) is 39.3 Å². The topological polar surface area (TPSA) is 0 Å². The van der Waals surface area contributed by atoms with E-state index in [1.54, 1.807) is 0 Å². The van der Waals surface area contributed by atoms with Gasteiger partial charge in [0.15, 0.2) is 0 Å². The zero-order valence-corrected chi connectivity index (χ0v) is 15.9. The van der Waals surface area contributed by atoms with E-state index in [9.17, 15) is 0 Å². The molecule has 0 bridgehead atoms. The first kappa shape index (κ1) is 17.1. The molecule has 2 aliphatic carbocycles. The van der Waals surface area contributed by atoms with E-state index in [4.69, 9.17) is 18.6 Å². The molecule has 0 saturated carbocycles. The summed E-state index contributed by atoms with van der Waals surface area (Å²) < 4.78 is 0. The Morgan fingerprint density at radius 2 is 1.38 bits per heavy atom. The van der Waals surface area contributed by atoms with Gasteiger partial charge in [0.2, 0.25) is 0 Å². The molecule has 0 N–H and O–H groups in total. The van der Waals surface area contributed by atoms with Gasteiger partial charge in [-0.2, -0.15) is 0 Å². The van der Waals surface area contributed by atoms with Crippen molar-refractivity contribution in [2.45, 2.75) is 33.6 Å². The molecular formula is C18H19Cl2Ti. The Morgan fingerprint density at radius 3 is 1.95 bits per heavy atom. The summed E-state index contributed by atoms with van der Waals surface area (Å²) >= 11 is -0.556. The van der Waals surface area contributed by atoms with Gasteiger partial charge in [-0.05, 0) is 50.0 Å². The summed E-state index contributed by atoms with van der Waals surface area (Å²) in [6.07, 6.45) is 4.61. The van der Waals surface area contributed by atoms with Crippen LogP contribution in [0.15, 0.2) is 52.6 Å². The predicted octanol–water partition coefficient (Wildman–Crippen LogP) is 6.43. The maximum atomic E-state index is 4.89. The fraction of sp³-hybridized carbons (Fsp3) is 0.278. The van der Waals surface area contributed by atoms with Crippen LogP contribution in [0.4, 0.5) is 0 Å². The standard InChI is InChI=1S/C18H19.2ClH.Ti/c1-11-12(2)14(4)18(13(11)3)17-10-9-15-7-5-6-8-16(15)17;;;/h5-10,17H,1-4H3;2*1H;/q;;;+2/p-2. The first-order chi connectivity index (χ1) is 10.0. The number of hydrogen-bond acceptors (Lipinski definition) is 0. The number of hydrogen-bond donors (Lipinski definition) is 0. The van der Waals surface area contributed by atoms with Gasteiger partial charge in [0.05, 0.1) is 0 Å². The third-order valence-corrected chi connectivity index (χ3v) is 4.61. The molecule has 0 spiro atoms. The molecule has 0 aromatic heterocycles. The Labute approximate surface area is 144 Å². The van der Waals surface area contributed by atoms with E-state index in [-0.39, 0.29) is 0 Å². The van der Waals surface area contributed by atoms with Gasteiger partial charge >= 0.3 is 35.6 Å². The fourth-order valence-electron chi connectivity index (χ4n) is 3.22. The molecule has 1 radical (unpaired) electrons. The number of rotatable bonds is 1. The van der Waals surface area contributed by atoms with Crippen LogP contribution >= 0.6 is 18.6 Å². The van der Waals surface area contributed by atoms with Gasteiger partial charge in [-0.25, -0.2) is 0 Å². The van der Waals surface area contributed by atoms with Crippen LogP contribution in [0.25, 0.3) is 6.08 Å². The number of halogens is 2. The molecule has 0 heterocycles. The van der Waals surface area contributed by atoms with Gasteiger partial charge in [-0.15, -0.1) is 0 Å². The van der Waals surface area contributed by atoms with Crippen LogP contribution in [0.1, 0.15) is 44.7 Å². The van der Waals surface area contributed by atoms with E-state index in [0.717, 1.165) is 0 Å². The summed E-state index contributed by atoms with van der Waals surface area (Å²) in [4.78, 5) is 0. The van der Waals surface area contributed by atoms with Crippen LogP contribution in [0.2, 0.25) is 0 Å². The van der Waals surface area contributed by atoms with Crippen molar-refractivity contribution in [2.75, 3.05) is 0 Å². The molecule has 1 aromatic rings. The average Bonchev–Trinajstić information content (AvgIpc) is 2.97.